The van der Waals surface area contributed by atoms with E-state index in [1.165, 1.54) is 16.7 Å². The third-order valence-electron chi connectivity index (χ3n) is 6.61. The quantitative estimate of drug-likeness (QED) is 0.420. The minimum Gasteiger partial charge on any atom is -0.349 e. The normalized spacial score (nSPS) is 16.1. The monoisotopic (exact) mass is 524 g/mol. The SMILES string of the molecule is Cc1ccc(C(NC(=O)C2CCN(Cc3nc(-c4ccc(Br)cc4)no3)CC2)C(C)C)c(C)c1. The maximum absolute atomic E-state index is 13.1. The summed E-state index contributed by atoms with van der Waals surface area (Å²) in [5, 5.41) is 7.47. The summed E-state index contributed by atoms with van der Waals surface area (Å²) >= 11 is 3.44. The van der Waals surface area contributed by atoms with E-state index in [1.807, 2.05) is 24.3 Å². The molecule has 1 aromatic heterocycles. The van der Waals surface area contributed by atoms with E-state index in [4.69, 9.17) is 4.52 Å². The highest BCUT2D eigenvalue weighted by Gasteiger charge is 2.29. The zero-order chi connectivity index (χ0) is 24.2. The minimum absolute atomic E-state index is 0.0292. The average molecular weight is 525 g/mol. The molecule has 2 heterocycles. The van der Waals surface area contributed by atoms with Gasteiger partial charge in [-0.15, -0.1) is 0 Å². The van der Waals surface area contributed by atoms with Crippen LogP contribution in [-0.4, -0.2) is 34.0 Å². The van der Waals surface area contributed by atoms with E-state index in [1.54, 1.807) is 0 Å². The topological polar surface area (TPSA) is 71.3 Å². The van der Waals surface area contributed by atoms with E-state index in [0.717, 1.165) is 36.0 Å². The highest BCUT2D eigenvalue weighted by atomic mass is 79.9. The van der Waals surface area contributed by atoms with Gasteiger partial charge in [0.25, 0.3) is 0 Å². The zero-order valence-electron chi connectivity index (χ0n) is 20.3. The molecule has 1 atom stereocenters. The lowest BCUT2D eigenvalue weighted by molar-refractivity contribution is -0.127. The number of carbonyl (C=O) groups is 1. The van der Waals surface area contributed by atoms with Gasteiger partial charge in [-0.05, 0) is 81.1 Å². The molecule has 1 N–H and O–H groups in total. The predicted molar refractivity (Wildman–Crippen MR) is 137 cm³/mol. The number of aromatic nitrogens is 2. The molecule has 0 spiro atoms. The molecule has 1 amide bonds. The first-order valence-corrected chi connectivity index (χ1v) is 12.8. The molecule has 34 heavy (non-hydrogen) atoms. The summed E-state index contributed by atoms with van der Waals surface area (Å²) in [6.45, 7) is 10.8. The molecule has 1 fully saturated rings. The third kappa shape index (κ3) is 5.94. The van der Waals surface area contributed by atoms with Crippen molar-refractivity contribution in [3.05, 3.63) is 69.5 Å². The molecule has 1 aliphatic heterocycles. The maximum atomic E-state index is 13.1. The van der Waals surface area contributed by atoms with E-state index < -0.39 is 0 Å². The number of likely N-dealkylation sites (tertiary alicyclic amines) is 1. The predicted octanol–water partition coefficient (Wildman–Crippen LogP) is 5.84. The Hall–Kier alpha value is -2.51. The second-order valence-corrected chi connectivity index (χ2v) is 10.6. The van der Waals surface area contributed by atoms with Crippen LogP contribution in [0.5, 0.6) is 0 Å². The van der Waals surface area contributed by atoms with Crippen molar-refractivity contribution < 1.29 is 9.32 Å². The number of halogens is 1. The Bertz CT molecular complexity index is 1120. The molecule has 6 nitrogen and oxygen atoms in total. The Kier molecular flexibility index (Phi) is 7.84. The number of benzene rings is 2. The first-order valence-electron chi connectivity index (χ1n) is 12.0. The van der Waals surface area contributed by atoms with Crippen LogP contribution in [0.3, 0.4) is 0 Å². The number of carbonyl (C=O) groups excluding carboxylic acids is 1. The summed E-state index contributed by atoms with van der Waals surface area (Å²) in [6.07, 6.45) is 1.66. The van der Waals surface area contributed by atoms with Crippen LogP contribution < -0.4 is 5.32 Å². The van der Waals surface area contributed by atoms with Crippen LogP contribution in [0.15, 0.2) is 51.5 Å². The standard InChI is InChI=1S/C27H33BrN4O2/c1-17(2)25(23-10-5-18(3)15-19(23)4)30-27(33)21-11-13-32(14-12-21)16-24-29-26(31-34-24)20-6-8-22(28)9-7-20/h5-10,15,17,21,25H,11-14,16H2,1-4H3,(H,30,33). The second-order valence-electron chi connectivity index (χ2n) is 9.66. The Morgan fingerprint density at radius 3 is 2.50 bits per heavy atom. The van der Waals surface area contributed by atoms with Gasteiger partial charge in [0.1, 0.15) is 0 Å². The fourth-order valence-corrected chi connectivity index (χ4v) is 4.89. The number of nitrogens with zero attached hydrogens (tertiary/aromatic N) is 3. The number of piperidine rings is 1. The van der Waals surface area contributed by atoms with Crippen molar-refractivity contribution in [3.63, 3.8) is 0 Å². The van der Waals surface area contributed by atoms with Crippen molar-refractivity contribution in [2.45, 2.75) is 53.1 Å². The van der Waals surface area contributed by atoms with Gasteiger partial charge < -0.3 is 9.84 Å². The van der Waals surface area contributed by atoms with E-state index >= 15 is 0 Å². The molecule has 4 rings (SSSR count). The summed E-state index contributed by atoms with van der Waals surface area (Å²) in [6, 6.07) is 14.4. The molecule has 7 heteroatoms. The van der Waals surface area contributed by atoms with Crippen LogP contribution >= 0.6 is 15.9 Å². The summed E-state index contributed by atoms with van der Waals surface area (Å²) in [5.74, 6) is 1.72. The summed E-state index contributed by atoms with van der Waals surface area (Å²) in [7, 11) is 0. The van der Waals surface area contributed by atoms with E-state index in [0.29, 0.717) is 24.2 Å². The fraction of sp³-hybridized carbons (Fsp3) is 0.444. The van der Waals surface area contributed by atoms with Gasteiger partial charge >= 0.3 is 0 Å². The lowest BCUT2D eigenvalue weighted by atomic mass is 9.90. The van der Waals surface area contributed by atoms with Crippen molar-refractivity contribution in [1.82, 2.24) is 20.4 Å². The first kappa shape index (κ1) is 24.6. The molecule has 2 aromatic carbocycles. The molecule has 0 aliphatic carbocycles. The fourth-order valence-electron chi connectivity index (χ4n) is 4.63. The summed E-state index contributed by atoms with van der Waals surface area (Å²) < 4.78 is 6.49. The number of nitrogens with one attached hydrogen (secondary N) is 1. The largest absolute Gasteiger partial charge is 0.349 e. The van der Waals surface area contributed by atoms with Crippen LogP contribution in [-0.2, 0) is 11.3 Å². The van der Waals surface area contributed by atoms with Crippen molar-refractivity contribution >= 4 is 21.8 Å². The zero-order valence-corrected chi connectivity index (χ0v) is 21.9. The van der Waals surface area contributed by atoms with E-state index in [-0.39, 0.29) is 17.9 Å². The molecule has 0 bridgehead atoms. The Balaban J connectivity index is 1.31. The van der Waals surface area contributed by atoms with Gasteiger partial charge in [-0.2, -0.15) is 4.98 Å². The smallest absolute Gasteiger partial charge is 0.241 e. The number of hydrogen-bond donors (Lipinski definition) is 1. The molecule has 1 aliphatic rings. The van der Waals surface area contributed by atoms with Gasteiger partial charge in [-0.25, -0.2) is 0 Å². The first-order chi connectivity index (χ1) is 16.3. The second kappa shape index (κ2) is 10.8. The van der Waals surface area contributed by atoms with Crippen molar-refractivity contribution in [2.75, 3.05) is 13.1 Å². The molecule has 0 radical (unpaired) electrons. The van der Waals surface area contributed by atoms with Gasteiger partial charge in [-0.1, -0.05) is 58.7 Å². The Morgan fingerprint density at radius 2 is 1.85 bits per heavy atom. The summed E-state index contributed by atoms with van der Waals surface area (Å²) in [5.41, 5.74) is 4.62. The number of hydrogen-bond acceptors (Lipinski definition) is 5. The van der Waals surface area contributed by atoms with E-state index in [2.05, 4.69) is 82.2 Å². The van der Waals surface area contributed by atoms with Gasteiger partial charge in [0.15, 0.2) is 0 Å². The van der Waals surface area contributed by atoms with E-state index in [9.17, 15) is 4.79 Å². The third-order valence-corrected chi connectivity index (χ3v) is 7.14. The van der Waals surface area contributed by atoms with Gasteiger partial charge in [0, 0.05) is 16.0 Å². The van der Waals surface area contributed by atoms with Crippen LogP contribution in [0, 0.1) is 25.7 Å². The molecule has 1 saturated heterocycles. The van der Waals surface area contributed by atoms with Crippen molar-refractivity contribution in [2.24, 2.45) is 11.8 Å². The van der Waals surface area contributed by atoms with Crippen molar-refractivity contribution in [3.8, 4) is 11.4 Å². The maximum Gasteiger partial charge on any atom is 0.241 e. The van der Waals surface area contributed by atoms with Gasteiger partial charge in [0.05, 0.1) is 12.6 Å². The molecular formula is C27H33BrN4O2. The number of amides is 1. The van der Waals surface area contributed by atoms with Crippen LogP contribution in [0.2, 0.25) is 0 Å². The lowest BCUT2D eigenvalue weighted by Crippen LogP contribution is -2.42. The molecule has 1 unspecified atom stereocenters. The molecular weight excluding hydrogens is 492 g/mol. The van der Waals surface area contributed by atoms with Crippen LogP contribution in [0.4, 0.5) is 0 Å². The molecule has 180 valence electrons. The van der Waals surface area contributed by atoms with Gasteiger partial charge in [-0.3, -0.25) is 9.69 Å². The average Bonchev–Trinajstić information content (AvgIpc) is 3.27. The van der Waals surface area contributed by atoms with Crippen LogP contribution in [0.25, 0.3) is 11.4 Å². The van der Waals surface area contributed by atoms with Gasteiger partial charge in [0.2, 0.25) is 17.6 Å². The molecule has 0 saturated carbocycles. The molecule has 3 aromatic rings. The Labute approximate surface area is 210 Å². The highest BCUT2D eigenvalue weighted by Crippen LogP contribution is 2.28. The summed E-state index contributed by atoms with van der Waals surface area (Å²) in [4.78, 5) is 20.0. The highest BCUT2D eigenvalue weighted by molar-refractivity contribution is 9.10. The lowest BCUT2D eigenvalue weighted by Gasteiger charge is -2.32. The number of rotatable bonds is 7. The van der Waals surface area contributed by atoms with Crippen molar-refractivity contribution in [1.29, 1.82) is 0 Å². The Morgan fingerprint density at radius 1 is 1.15 bits per heavy atom. The number of aryl methyl sites for hydroxylation is 2. The van der Waals surface area contributed by atoms with Crippen LogP contribution in [0.1, 0.15) is 55.3 Å². The minimum atomic E-state index is 0.0292.